The standard InChI is InChI=1S/C15H23NO3/c1-11(2)16-8-15(19-14-9-18-10-14)12-5-4-6-13(7-12)17-3/h4-7,11,14-16H,8-10H2,1-3H3. The molecule has 0 amide bonds. The quantitative estimate of drug-likeness (QED) is 0.820. The first kappa shape index (κ1) is 14.3. The summed E-state index contributed by atoms with van der Waals surface area (Å²) in [6.45, 7) is 6.45. The van der Waals surface area contributed by atoms with Crippen LogP contribution in [0, 0.1) is 0 Å². The van der Waals surface area contributed by atoms with E-state index >= 15 is 0 Å². The summed E-state index contributed by atoms with van der Waals surface area (Å²) >= 11 is 0. The van der Waals surface area contributed by atoms with Crippen molar-refractivity contribution in [3.8, 4) is 5.75 Å². The van der Waals surface area contributed by atoms with E-state index in [1.165, 1.54) is 0 Å². The van der Waals surface area contributed by atoms with E-state index in [0.29, 0.717) is 19.3 Å². The number of nitrogens with one attached hydrogen (secondary N) is 1. The van der Waals surface area contributed by atoms with Crippen LogP contribution in [0.4, 0.5) is 0 Å². The lowest BCUT2D eigenvalue weighted by Gasteiger charge is -2.31. The van der Waals surface area contributed by atoms with Gasteiger partial charge in [-0.15, -0.1) is 0 Å². The lowest BCUT2D eigenvalue weighted by atomic mass is 10.1. The summed E-state index contributed by atoms with van der Waals surface area (Å²) in [6, 6.07) is 8.50. The maximum Gasteiger partial charge on any atom is 0.119 e. The fourth-order valence-electron chi connectivity index (χ4n) is 1.95. The van der Waals surface area contributed by atoms with Crippen molar-refractivity contribution in [1.29, 1.82) is 0 Å². The summed E-state index contributed by atoms with van der Waals surface area (Å²) in [5, 5.41) is 3.43. The van der Waals surface area contributed by atoms with Crippen LogP contribution in [0.2, 0.25) is 0 Å². The van der Waals surface area contributed by atoms with Gasteiger partial charge in [-0.3, -0.25) is 0 Å². The third kappa shape index (κ3) is 4.20. The highest BCUT2D eigenvalue weighted by Crippen LogP contribution is 2.24. The number of methoxy groups -OCH3 is 1. The summed E-state index contributed by atoms with van der Waals surface area (Å²) < 4.78 is 16.5. The van der Waals surface area contributed by atoms with Gasteiger partial charge in [-0.1, -0.05) is 26.0 Å². The van der Waals surface area contributed by atoms with Crippen LogP contribution in [-0.2, 0) is 9.47 Å². The van der Waals surface area contributed by atoms with E-state index in [4.69, 9.17) is 14.2 Å². The average molecular weight is 265 g/mol. The van der Waals surface area contributed by atoms with Crippen LogP contribution in [-0.4, -0.2) is 39.0 Å². The molecule has 0 aromatic heterocycles. The minimum absolute atomic E-state index is 0.0337. The Hall–Kier alpha value is -1.10. The molecule has 1 aromatic rings. The van der Waals surface area contributed by atoms with E-state index in [2.05, 4.69) is 25.2 Å². The molecule has 1 aromatic carbocycles. The normalized spacial score (nSPS) is 17.3. The molecule has 1 aliphatic rings. The summed E-state index contributed by atoms with van der Waals surface area (Å²) in [5.41, 5.74) is 1.14. The van der Waals surface area contributed by atoms with Crippen molar-refractivity contribution in [2.24, 2.45) is 0 Å². The van der Waals surface area contributed by atoms with E-state index in [9.17, 15) is 0 Å². The van der Waals surface area contributed by atoms with Gasteiger partial charge in [0.1, 0.15) is 11.9 Å². The highest BCUT2D eigenvalue weighted by molar-refractivity contribution is 5.30. The monoisotopic (exact) mass is 265 g/mol. The fourth-order valence-corrected chi connectivity index (χ4v) is 1.95. The van der Waals surface area contributed by atoms with Crippen molar-refractivity contribution in [3.63, 3.8) is 0 Å². The van der Waals surface area contributed by atoms with Crippen molar-refractivity contribution in [1.82, 2.24) is 5.32 Å². The molecule has 1 saturated heterocycles. The fraction of sp³-hybridized carbons (Fsp3) is 0.600. The number of hydrogen-bond acceptors (Lipinski definition) is 4. The Bertz CT molecular complexity index is 391. The third-order valence-electron chi connectivity index (χ3n) is 3.14. The molecule has 1 unspecified atom stereocenters. The summed E-state index contributed by atoms with van der Waals surface area (Å²) in [6.07, 6.45) is 0.247. The molecular weight excluding hydrogens is 242 g/mol. The second-order valence-electron chi connectivity index (χ2n) is 5.12. The molecule has 1 N–H and O–H groups in total. The van der Waals surface area contributed by atoms with Crippen LogP contribution in [0.25, 0.3) is 0 Å². The topological polar surface area (TPSA) is 39.7 Å². The molecular formula is C15H23NO3. The molecule has 106 valence electrons. The van der Waals surface area contributed by atoms with E-state index in [0.717, 1.165) is 17.9 Å². The Morgan fingerprint density at radius 1 is 1.37 bits per heavy atom. The van der Waals surface area contributed by atoms with E-state index in [-0.39, 0.29) is 12.2 Å². The van der Waals surface area contributed by atoms with Gasteiger partial charge >= 0.3 is 0 Å². The van der Waals surface area contributed by atoms with Crippen molar-refractivity contribution in [2.45, 2.75) is 32.1 Å². The van der Waals surface area contributed by atoms with Gasteiger partial charge in [0.2, 0.25) is 0 Å². The Balaban J connectivity index is 2.04. The van der Waals surface area contributed by atoms with E-state index in [1.807, 2.05) is 18.2 Å². The van der Waals surface area contributed by atoms with E-state index < -0.39 is 0 Å². The smallest absolute Gasteiger partial charge is 0.119 e. The molecule has 2 rings (SSSR count). The van der Waals surface area contributed by atoms with Crippen LogP contribution in [0.5, 0.6) is 5.75 Å². The Morgan fingerprint density at radius 3 is 2.74 bits per heavy atom. The first-order chi connectivity index (χ1) is 9.19. The molecule has 1 atom stereocenters. The molecule has 0 bridgehead atoms. The average Bonchev–Trinajstić information content (AvgIpc) is 2.36. The third-order valence-corrected chi connectivity index (χ3v) is 3.14. The van der Waals surface area contributed by atoms with Gasteiger partial charge in [-0.25, -0.2) is 0 Å². The van der Waals surface area contributed by atoms with Gasteiger partial charge in [0, 0.05) is 12.6 Å². The number of benzene rings is 1. The number of hydrogen-bond donors (Lipinski definition) is 1. The minimum Gasteiger partial charge on any atom is -0.497 e. The van der Waals surface area contributed by atoms with Gasteiger partial charge in [-0.05, 0) is 17.7 Å². The first-order valence-electron chi connectivity index (χ1n) is 6.79. The van der Waals surface area contributed by atoms with Gasteiger partial charge < -0.3 is 19.5 Å². The lowest BCUT2D eigenvalue weighted by molar-refractivity contribution is -0.155. The zero-order valence-electron chi connectivity index (χ0n) is 11.9. The number of rotatable bonds is 7. The molecule has 4 heteroatoms. The molecule has 4 nitrogen and oxygen atoms in total. The van der Waals surface area contributed by atoms with Crippen molar-refractivity contribution >= 4 is 0 Å². The second kappa shape index (κ2) is 6.89. The molecule has 0 aliphatic carbocycles. The maximum atomic E-state index is 6.08. The largest absolute Gasteiger partial charge is 0.497 e. The molecule has 1 heterocycles. The maximum absolute atomic E-state index is 6.08. The summed E-state index contributed by atoms with van der Waals surface area (Å²) in [7, 11) is 1.68. The van der Waals surface area contributed by atoms with E-state index in [1.54, 1.807) is 7.11 Å². The van der Waals surface area contributed by atoms with Crippen LogP contribution in [0.3, 0.4) is 0 Å². The molecule has 19 heavy (non-hydrogen) atoms. The summed E-state index contributed by atoms with van der Waals surface area (Å²) in [4.78, 5) is 0. The minimum atomic E-state index is 0.0337. The van der Waals surface area contributed by atoms with Crippen LogP contribution < -0.4 is 10.1 Å². The van der Waals surface area contributed by atoms with Gasteiger partial charge in [0.05, 0.1) is 26.4 Å². The summed E-state index contributed by atoms with van der Waals surface area (Å²) in [5.74, 6) is 0.862. The van der Waals surface area contributed by atoms with Crippen molar-refractivity contribution in [2.75, 3.05) is 26.9 Å². The van der Waals surface area contributed by atoms with Crippen LogP contribution in [0.1, 0.15) is 25.5 Å². The van der Waals surface area contributed by atoms with Crippen LogP contribution >= 0.6 is 0 Å². The predicted molar refractivity (Wildman–Crippen MR) is 74.6 cm³/mol. The molecule has 0 saturated carbocycles. The van der Waals surface area contributed by atoms with Gasteiger partial charge in [-0.2, -0.15) is 0 Å². The van der Waals surface area contributed by atoms with Gasteiger partial charge in [0.15, 0.2) is 0 Å². The molecule has 1 fully saturated rings. The van der Waals surface area contributed by atoms with Crippen molar-refractivity contribution in [3.05, 3.63) is 29.8 Å². The highest BCUT2D eigenvalue weighted by Gasteiger charge is 2.24. The zero-order chi connectivity index (χ0) is 13.7. The predicted octanol–water partition coefficient (Wildman–Crippen LogP) is 2.15. The zero-order valence-corrected chi connectivity index (χ0v) is 11.9. The Labute approximate surface area is 115 Å². The lowest BCUT2D eigenvalue weighted by Crippen LogP contribution is -2.39. The highest BCUT2D eigenvalue weighted by atomic mass is 16.6. The first-order valence-corrected chi connectivity index (χ1v) is 6.79. The molecule has 0 radical (unpaired) electrons. The second-order valence-corrected chi connectivity index (χ2v) is 5.12. The Morgan fingerprint density at radius 2 is 2.16 bits per heavy atom. The molecule has 0 spiro atoms. The van der Waals surface area contributed by atoms with Gasteiger partial charge in [0.25, 0.3) is 0 Å². The Kier molecular flexibility index (Phi) is 5.19. The van der Waals surface area contributed by atoms with Crippen molar-refractivity contribution < 1.29 is 14.2 Å². The molecule has 1 aliphatic heterocycles. The SMILES string of the molecule is COc1cccc(C(CNC(C)C)OC2COC2)c1. The number of ether oxygens (including phenoxy) is 3. The van der Waals surface area contributed by atoms with Crippen LogP contribution in [0.15, 0.2) is 24.3 Å².